The summed E-state index contributed by atoms with van der Waals surface area (Å²) in [6, 6.07) is 0. The van der Waals surface area contributed by atoms with Crippen molar-refractivity contribution in [3.05, 3.63) is 24.0 Å². The zero-order valence-corrected chi connectivity index (χ0v) is 5.66. The van der Waals surface area contributed by atoms with Crippen LogP contribution >= 0.6 is 0 Å². The average molecular weight is 140 g/mol. The molecule has 3 heteroatoms. The van der Waals surface area contributed by atoms with E-state index in [4.69, 9.17) is 4.74 Å². The maximum absolute atomic E-state index is 10.8. The maximum atomic E-state index is 10.8. The Labute approximate surface area is 58.9 Å². The van der Waals surface area contributed by atoms with Crippen molar-refractivity contribution in [2.45, 2.75) is 0 Å². The summed E-state index contributed by atoms with van der Waals surface area (Å²) in [5.74, 6) is -0.320. The van der Waals surface area contributed by atoms with Gasteiger partial charge in [-0.15, -0.1) is 0 Å². The lowest BCUT2D eigenvalue weighted by Gasteiger charge is -2.04. The molecule has 54 valence electrons. The smallest absolute Gasteiger partial charge is 0.337 e. The summed E-state index contributed by atoms with van der Waals surface area (Å²) in [5.41, 5.74) is 0.550. The lowest BCUT2D eigenvalue weighted by Crippen LogP contribution is -2.06. The number of ether oxygens (including phenoxy) is 2. The monoisotopic (exact) mass is 140 g/mol. The van der Waals surface area contributed by atoms with Gasteiger partial charge in [0, 0.05) is 0 Å². The molecular weight excluding hydrogens is 132 g/mol. The van der Waals surface area contributed by atoms with E-state index in [1.54, 1.807) is 12.2 Å². The van der Waals surface area contributed by atoms with Crippen molar-refractivity contribution in [3.63, 3.8) is 0 Å². The molecule has 10 heavy (non-hydrogen) atoms. The second-order valence-corrected chi connectivity index (χ2v) is 1.79. The molecule has 1 aliphatic rings. The van der Waals surface area contributed by atoms with Crippen LogP contribution in [0.25, 0.3) is 0 Å². The molecule has 0 saturated carbocycles. The topological polar surface area (TPSA) is 35.5 Å². The van der Waals surface area contributed by atoms with E-state index < -0.39 is 0 Å². The van der Waals surface area contributed by atoms with Crippen LogP contribution in [0, 0.1) is 0 Å². The highest BCUT2D eigenvalue weighted by Gasteiger charge is 2.06. The number of methoxy groups -OCH3 is 1. The van der Waals surface area contributed by atoms with Crippen LogP contribution in [0.4, 0.5) is 0 Å². The molecule has 0 radical (unpaired) electrons. The predicted octanol–water partition coefficient (Wildman–Crippen LogP) is 0.630. The number of hydrogen-bond acceptors (Lipinski definition) is 3. The predicted molar refractivity (Wildman–Crippen MR) is 35.2 cm³/mol. The van der Waals surface area contributed by atoms with Crippen LogP contribution in [-0.4, -0.2) is 19.7 Å². The third kappa shape index (κ3) is 1.37. The van der Waals surface area contributed by atoms with E-state index >= 15 is 0 Å². The highest BCUT2D eigenvalue weighted by atomic mass is 16.5. The zero-order chi connectivity index (χ0) is 7.40. The summed E-state index contributed by atoms with van der Waals surface area (Å²) in [6.45, 7) is 0.445. The molecule has 0 aromatic carbocycles. The lowest BCUT2D eigenvalue weighted by molar-refractivity contribution is -0.135. The van der Waals surface area contributed by atoms with Crippen molar-refractivity contribution in [1.29, 1.82) is 0 Å². The van der Waals surface area contributed by atoms with Crippen LogP contribution in [0.3, 0.4) is 0 Å². The van der Waals surface area contributed by atoms with Crippen molar-refractivity contribution >= 4 is 5.97 Å². The molecule has 1 aliphatic heterocycles. The Morgan fingerprint density at radius 1 is 1.80 bits per heavy atom. The summed E-state index contributed by atoms with van der Waals surface area (Å²) in [6.07, 6.45) is 4.73. The quantitative estimate of drug-likeness (QED) is 0.501. The van der Waals surface area contributed by atoms with Gasteiger partial charge in [-0.2, -0.15) is 0 Å². The number of hydrogen-bond donors (Lipinski definition) is 0. The molecule has 0 amide bonds. The van der Waals surface area contributed by atoms with Crippen LogP contribution < -0.4 is 0 Å². The molecule has 0 fully saturated rings. The van der Waals surface area contributed by atoms with Crippen molar-refractivity contribution in [1.82, 2.24) is 0 Å². The van der Waals surface area contributed by atoms with Gasteiger partial charge in [0.1, 0.15) is 6.61 Å². The van der Waals surface area contributed by atoms with Crippen LogP contribution in [0.5, 0.6) is 0 Å². The molecule has 0 aliphatic carbocycles. The molecule has 3 nitrogen and oxygen atoms in total. The minimum Gasteiger partial charge on any atom is -0.497 e. The van der Waals surface area contributed by atoms with Gasteiger partial charge < -0.3 is 9.47 Å². The third-order valence-electron chi connectivity index (χ3n) is 1.16. The van der Waals surface area contributed by atoms with Gasteiger partial charge >= 0.3 is 5.97 Å². The third-order valence-corrected chi connectivity index (χ3v) is 1.16. The second-order valence-electron chi connectivity index (χ2n) is 1.79. The van der Waals surface area contributed by atoms with Gasteiger partial charge in [0.05, 0.1) is 18.9 Å². The molecular formula is C7H8O3. The Hall–Kier alpha value is -1.25. The molecule has 0 atom stereocenters. The number of rotatable bonds is 1. The molecule has 0 N–H and O–H groups in total. The summed E-state index contributed by atoms with van der Waals surface area (Å²) in [7, 11) is 1.35. The van der Waals surface area contributed by atoms with Gasteiger partial charge in [0.2, 0.25) is 0 Å². The Balaban J connectivity index is 2.63. The second kappa shape index (κ2) is 3.06. The number of carbonyl (C=O) groups is 1. The van der Waals surface area contributed by atoms with Gasteiger partial charge in [-0.05, 0) is 12.2 Å². The average Bonchev–Trinajstić information content (AvgIpc) is 2.05. The molecule has 0 spiro atoms. The molecule has 0 aromatic rings. The van der Waals surface area contributed by atoms with Crippen molar-refractivity contribution in [2.24, 2.45) is 0 Å². The Kier molecular flexibility index (Phi) is 2.10. The first-order valence-corrected chi connectivity index (χ1v) is 2.91. The molecule has 1 heterocycles. The van der Waals surface area contributed by atoms with E-state index in [1.807, 2.05) is 0 Å². The first-order chi connectivity index (χ1) is 4.84. The van der Waals surface area contributed by atoms with Gasteiger partial charge in [-0.25, -0.2) is 4.79 Å². The Bertz CT molecular complexity index is 191. The van der Waals surface area contributed by atoms with Crippen molar-refractivity contribution in [2.75, 3.05) is 13.7 Å². The van der Waals surface area contributed by atoms with Gasteiger partial charge in [-0.1, -0.05) is 0 Å². The molecule has 0 saturated heterocycles. The Morgan fingerprint density at radius 2 is 2.60 bits per heavy atom. The van der Waals surface area contributed by atoms with Crippen LogP contribution in [0.2, 0.25) is 0 Å². The molecule has 0 bridgehead atoms. The fraction of sp³-hybridized carbons (Fsp3) is 0.286. The summed E-state index contributed by atoms with van der Waals surface area (Å²) < 4.78 is 9.31. The molecule has 1 rings (SSSR count). The van der Waals surface area contributed by atoms with Crippen LogP contribution in [-0.2, 0) is 14.3 Å². The van der Waals surface area contributed by atoms with Gasteiger partial charge in [-0.3, -0.25) is 0 Å². The molecule has 0 aromatic heterocycles. The number of carbonyl (C=O) groups excluding carboxylic acids is 1. The van der Waals surface area contributed by atoms with Crippen molar-refractivity contribution in [3.8, 4) is 0 Å². The van der Waals surface area contributed by atoms with E-state index in [2.05, 4.69) is 4.74 Å². The minimum atomic E-state index is -0.320. The lowest BCUT2D eigenvalue weighted by atomic mass is 10.2. The standard InChI is InChI=1S/C7H8O3/c1-9-7(8)6-2-4-10-5-3-6/h2-4H,5H2,1H3. The number of esters is 1. The van der Waals surface area contributed by atoms with E-state index in [0.717, 1.165) is 0 Å². The first kappa shape index (κ1) is 6.86. The fourth-order valence-corrected chi connectivity index (χ4v) is 0.652. The SMILES string of the molecule is COC(=O)C1=CCOC=C1. The largest absolute Gasteiger partial charge is 0.497 e. The fourth-order valence-electron chi connectivity index (χ4n) is 0.652. The highest BCUT2D eigenvalue weighted by Crippen LogP contribution is 2.04. The van der Waals surface area contributed by atoms with E-state index in [1.165, 1.54) is 13.4 Å². The maximum Gasteiger partial charge on any atom is 0.337 e. The summed E-state index contributed by atoms with van der Waals surface area (Å²) in [4.78, 5) is 10.8. The van der Waals surface area contributed by atoms with E-state index in [0.29, 0.717) is 12.2 Å². The Morgan fingerprint density at radius 3 is 3.10 bits per heavy atom. The van der Waals surface area contributed by atoms with Crippen molar-refractivity contribution < 1.29 is 14.3 Å². The summed E-state index contributed by atoms with van der Waals surface area (Å²) >= 11 is 0. The van der Waals surface area contributed by atoms with E-state index in [-0.39, 0.29) is 5.97 Å². The minimum absolute atomic E-state index is 0.320. The van der Waals surface area contributed by atoms with Gasteiger partial charge in [0.25, 0.3) is 0 Å². The van der Waals surface area contributed by atoms with E-state index in [9.17, 15) is 4.79 Å². The molecule has 0 unspecified atom stereocenters. The van der Waals surface area contributed by atoms with Crippen LogP contribution in [0.15, 0.2) is 24.0 Å². The highest BCUT2D eigenvalue weighted by molar-refractivity contribution is 5.91. The zero-order valence-electron chi connectivity index (χ0n) is 5.66. The normalized spacial score (nSPS) is 15.5. The first-order valence-electron chi connectivity index (χ1n) is 2.91. The summed E-state index contributed by atoms with van der Waals surface area (Å²) in [5, 5.41) is 0. The van der Waals surface area contributed by atoms with Gasteiger partial charge in [0.15, 0.2) is 0 Å². The van der Waals surface area contributed by atoms with Crippen LogP contribution in [0.1, 0.15) is 0 Å².